The Labute approximate surface area is 201 Å². The average Bonchev–Trinajstić information content (AvgIpc) is 3.19. The van der Waals surface area contributed by atoms with E-state index in [0.717, 1.165) is 29.9 Å². The van der Waals surface area contributed by atoms with Crippen LogP contribution in [0.2, 0.25) is 0 Å². The summed E-state index contributed by atoms with van der Waals surface area (Å²) in [5, 5.41) is 3.29. The Balaban J connectivity index is 1.55. The van der Waals surface area contributed by atoms with E-state index >= 15 is 0 Å². The fraction of sp³-hybridized carbons (Fsp3) is 0.417. The molecule has 0 saturated carbocycles. The maximum absolute atomic E-state index is 12.6. The van der Waals surface area contributed by atoms with E-state index < -0.39 is 22.4 Å². The number of hydrogen-bond donors (Lipinski definition) is 2. The molecule has 4 heterocycles. The zero-order chi connectivity index (χ0) is 24.3. The Morgan fingerprint density at radius 2 is 2.15 bits per heavy atom. The topological polar surface area (TPSA) is 123 Å². The molecule has 2 aromatic heterocycles. The van der Waals surface area contributed by atoms with Gasteiger partial charge < -0.3 is 20.7 Å². The third kappa shape index (κ3) is 5.37. The first-order valence-corrected chi connectivity index (χ1v) is 12.4. The summed E-state index contributed by atoms with van der Waals surface area (Å²) in [5.74, 6) is 7.51. The minimum Gasteiger partial charge on any atom is -0.447 e. The van der Waals surface area contributed by atoms with Gasteiger partial charge in [-0.1, -0.05) is 12.0 Å². The molecule has 4 rings (SSSR count). The molecule has 1 amide bonds. The molecule has 34 heavy (non-hydrogen) atoms. The molecule has 2 aromatic rings. The van der Waals surface area contributed by atoms with Crippen LogP contribution in [0.25, 0.3) is 5.57 Å². The minimum atomic E-state index is -1.17. The molecule has 2 aliphatic heterocycles. The molecule has 1 atom stereocenters. The number of aryl methyl sites for hydroxylation is 1. The lowest BCUT2D eigenvalue weighted by Crippen LogP contribution is -2.39. The lowest BCUT2D eigenvalue weighted by Gasteiger charge is -2.29. The van der Waals surface area contributed by atoms with Crippen molar-refractivity contribution in [3.8, 4) is 11.8 Å². The van der Waals surface area contributed by atoms with Crippen LogP contribution in [0.5, 0.6) is 0 Å². The van der Waals surface area contributed by atoms with Crippen molar-refractivity contribution in [3.05, 3.63) is 41.4 Å². The van der Waals surface area contributed by atoms with E-state index in [4.69, 9.17) is 20.4 Å². The highest BCUT2D eigenvalue weighted by Gasteiger charge is 2.31. The van der Waals surface area contributed by atoms with Gasteiger partial charge in [0, 0.05) is 37.0 Å². The molecule has 0 aromatic carbocycles. The van der Waals surface area contributed by atoms with E-state index in [0.29, 0.717) is 35.4 Å². The maximum atomic E-state index is 12.6. The second-order valence-corrected chi connectivity index (χ2v) is 10.3. The Kier molecular flexibility index (Phi) is 6.84. The number of carbonyl (C=O) groups is 1. The number of pyridine rings is 1. The van der Waals surface area contributed by atoms with Gasteiger partial charge in [0.05, 0.1) is 27.7 Å². The number of nitrogens with two attached hydrogens (primary N) is 1. The SMILES string of the molecule is CC#Cc1ccc(C2=CCN(c3nc4c(c(NC(C)(C)COC(N)=O)n3)S(=O)CC4)CC2)nc1. The van der Waals surface area contributed by atoms with Crippen molar-refractivity contribution in [1.82, 2.24) is 15.0 Å². The van der Waals surface area contributed by atoms with Crippen molar-refractivity contribution in [2.75, 3.05) is 35.7 Å². The molecule has 0 aliphatic carbocycles. The second kappa shape index (κ2) is 9.81. The molecule has 0 spiro atoms. The highest BCUT2D eigenvalue weighted by molar-refractivity contribution is 7.85. The molecule has 3 N–H and O–H groups in total. The number of amides is 1. The number of rotatable bonds is 6. The third-order valence-corrected chi connectivity index (χ3v) is 7.02. The largest absolute Gasteiger partial charge is 0.447 e. The van der Waals surface area contributed by atoms with Crippen molar-refractivity contribution >= 4 is 34.2 Å². The van der Waals surface area contributed by atoms with Crippen LogP contribution >= 0.6 is 0 Å². The van der Waals surface area contributed by atoms with Crippen molar-refractivity contribution in [2.45, 2.75) is 44.0 Å². The summed E-state index contributed by atoms with van der Waals surface area (Å²) in [4.78, 5) is 27.8. The zero-order valence-corrected chi connectivity index (χ0v) is 20.4. The average molecular weight is 481 g/mol. The molecular weight excluding hydrogens is 452 g/mol. The molecule has 10 heteroatoms. The zero-order valence-electron chi connectivity index (χ0n) is 19.6. The summed E-state index contributed by atoms with van der Waals surface area (Å²) < 4.78 is 17.6. The first-order chi connectivity index (χ1) is 16.3. The summed E-state index contributed by atoms with van der Waals surface area (Å²) in [7, 11) is -1.17. The minimum absolute atomic E-state index is 0.0501. The Bertz CT molecular complexity index is 1210. The highest BCUT2D eigenvalue weighted by atomic mass is 32.2. The van der Waals surface area contributed by atoms with Gasteiger partial charge >= 0.3 is 6.09 Å². The van der Waals surface area contributed by atoms with Crippen molar-refractivity contribution < 1.29 is 13.7 Å². The maximum Gasteiger partial charge on any atom is 0.404 e. The first kappa shape index (κ1) is 23.7. The van der Waals surface area contributed by atoms with E-state index in [9.17, 15) is 9.00 Å². The third-order valence-electron chi connectivity index (χ3n) is 5.56. The monoisotopic (exact) mass is 480 g/mol. The van der Waals surface area contributed by atoms with E-state index in [2.05, 4.69) is 33.1 Å². The number of aromatic nitrogens is 3. The van der Waals surface area contributed by atoms with Gasteiger partial charge in [0.25, 0.3) is 0 Å². The number of fused-ring (bicyclic) bond motifs is 1. The van der Waals surface area contributed by atoms with Crippen LogP contribution in [-0.4, -0.2) is 56.2 Å². The summed E-state index contributed by atoms with van der Waals surface area (Å²) >= 11 is 0. The molecular formula is C24H28N6O3S. The Morgan fingerprint density at radius 3 is 2.79 bits per heavy atom. The van der Waals surface area contributed by atoms with Crippen LogP contribution in [0.4, 0.5) is 16.6 Å². The second-order valence-electron chi connectivity index (χ2n) is 8.80. The van der Waals surface area contributed by atoms with Gasteiger partial charge in [-0.25, -0.2) is 9.78 Å². The number of anilines is 2. The van der Waals surface area contributed by atoms with Gasteiger partial charge in [-0.2, -0.15) is 4.98 Å². The smallest absolute Gasteiger partial charge is 0.404 e. The highest BCUT2D eigenvalue weighted by Crippen LogP contribution is 2.32. The van der Waals surface area contributed by atoms with Crippen LogP contribution in [0, 0.1) is 11.8 Å². The van der Waals surface area contributed by atoms with E-state index in [1.54, 1.807) is 6.20 Å². The number of nitrogens with one attached hydrogen (secondary N) is 1. The molecule has 0 bridgehead atoms. The van der Waals surface area contributed by atoms with Gasteiger partial charge in [-0.05, 0) is 44.9 Å². The van der Waals surface area contributed by atoms with Crippen LogP contribution in [-0.2, 0) is 22.0 Å². The Morgan fingerprint density at radius 1 is 1.32 bits per heavy atom. The quantitative estimate of drug-likeness (QED) is 0.605. The van der Waals surface area contributed by atoms with Gasteiger partial charge in [-0.15, -0.1) is 5.92 Å². The summed E-state index contributed by atoms with van der Waals surface area (Å²) in [6.07, 6.45) is 4.54. The lowest BCUT2D eigenvalue weighted by molar-refractivity contribution is 0.138. The normalized spacial score (nSPS) is 17.3. The van der Waals surface area contributed by atoms with Crippen LogP contribution in [0.3, 0.4) is 0 Å². The van der Waals surface area contributed by atoms with Gasteiger partial charge in [-0.3, -0.25) is 9.19 Å². The van der Waals surface area contributed by atoms with Crippen molar-refractivity contribution in [3.63, 3.8) is 0 Å². The molecule has 1 unspecified atom stereocenters. The van der Waals surface area contributed by atoms with Gasteiger partial charge in [0.1, 0.15) is 17.3 Å². The van der Waals surface area contributed by atoms with Gasteiger partial charge in [0.15, 0.2) is 0 Å². The van der Waals surface area contributed by atoms with Crippen molar-refractivity contribution in [2.24, 2.45) is 5.73 Å². The van der Waals surface area contributed by atoms with Crippen LogP contribution in [0.1, 0.15) is 44.1 Å². The predicted octanol–water partition coefficient (Wildman–Crippen LogP) is 2.49. The summed E-state index contributed by atoms with van der Waals surface area (Å²) in [6, 6.07) is 3.98. The standard InChI is InChI=1S/C24H28N6O3S/c1-4-5-16-6-7-18(26-14-16)17-8-11-30(12-9-17)23-27-19-10-13-34(32)20(19)21(28-23)29-24(2,3)15-33-22(25)31/h6-8,14H,9-13,15H2,1-3H3,(H2,25,31)(H,27,28,29). The molecule has 9 nitrogen and oxygen atoms in total. The van der Waals surface area contributed by atoms with Gasteiger partial charge in [0.2, 0.25) is 5.95 Å². The van der Waals surface area contributed by atoms with Crippen LogP contribution < -0.4 is 16.0 Å². The number of nitrogens with zero attached hydrogens (tertiary/aromatic N) is 4. The van der Waals surface area contributed by atoms with Crippen LogP contribution in [0.15, 0.2) is 29.3 Å². The first-order valence-electron chi connectivity index (χ1n) is 11.1. The van der Waals surface area contributed by atoms with Crippen molar-refractivity contribution in [1.29, 1.82) is 0 Å². The number of ether oxygens (including phenoxy) is 1. The molecule has 0 saturated heterocycles. The fourth-order valence-electron chi connectivity index (χ4n) is 3.90. The van der Waals surface area contributed by atoms with E-state index in [-0.39, 0.29) is 6.61 Å². The fourth-order valence-corrected chi connectivity index (χ4v) is 5.21. The Hall–Kier alpha value is -3.45. The summed E-state index contributed by atoms with van der Waals surface area (Å²) in [5.41, 5.74) is 8.28. The summed E-state index contributed by atoms with van der Waals surface area (Å²) in [6.45, 7) is 6.96. The predicted molar refractivity (Wildman–Crippen MR) is 132 cm³/mol. The molecule has 0 radical (unpaired) electrons. The lowest BCUT2D eigenvalue weighted by atomic mass is 10.0. The van der Waals surface area contributed by atoms with E-state index in [1.165, 1.54) is 5.57 Å². The number of hydrogen-bond acceptors (Lipinski definition) is 8. The molecule has 178 valence electrons. The number of carbonyl (C=O) groups excluding carboxylic acids is 1. The number of primary amides is 1. The van der Waals surface area contributed by atoms with E-state index in [1.807, 2.05) is 32.9 Å². The molecule has 2 aliphatic rings. The molecule has 0 fully saturated rings.